The summed E-state index contributed by atoms with van der Waals surface area (Å²) in [6.07, 6.45) is 0. The van der Waals surface area contributed by atoms with Crippen LogP contribution < -0.4 is 9.64 Å². The van der Waals surface area contributed by atoms with Crippen LogP contribution in [0.5, 0.6) is 5.75 Å². The Kier molecular flexibility index (Phi) is 7.19. The number of hydrogen-bond acceptors (Lipinski definition) is 4. The van der Waals surface area contributed by atoms with E-state index >= 15 is 0 Å². The molecule has 0 saturated heterocycles. The lowest BCUT2D eigenvalue weighted by atomic mass is 10.1. The van der Waals surface area contributed by atoms with Crippen LogP contribution >= 0.6 is 0 Å². The molecule has 0 bridgehead atoms. The Morgan fingerprint density at radius 1 is 0.886 bits per heavy atom. The summed E-state index contributed by atoms with van der Waals surface area (Å²) in [5.41, 5.74) is 1.90. The van der Waals surface area contributed by atoms with Crippen molar-refractivity contribution in [2.24, 2.45) is 0 Å². The average Bonchev–Trinajstić information content (AvgIpc) is 2.89. The van der Waals surface area contributed by atoms with Crippen LogP contribution in [0.2, 0.25) is 0 Å². The molecule has 4 rings (SSSR count). The molecule has 0 atom stereocenters. The monoisotopic (exact) mass is 488 g/mol. The zero-order valence-corrected chi connectivity index (χ0v) is 20.8. The van der Waals surface area contributed by atoms with Crippen molar-refractivity contribution in [3.63, 3.8) is 0 Å². The first-order valence-corrected chi connectivity index (χ1v) is 12.8. The number of benzene rings is 4. The smallest absolute Gasteiger partial charge is 0.258 e. The number of methoxy groups -OCH3 is 1. The van der Waals surface area contributed by atoms with Gasteiger partial charge in [-0.1, -0.05) is 66.7 Å². The number of fused-ring (bicyclic) bond motifs is 1. The van der Waals surface area contributed by atoms with Gasteiger partial charge < -0.3 is 9.64 Å². The Morgan fingerprint density at radius 3 is 2.29 bits per heavy atom. The average molecular weight is 489 g/mol. The highest BCUT2D eigenvalue weighted by Gasteiger charge is 2.28. The second-order valence-corrected chi connectivity index (χ2v) is 10.2. The Bertz CT molecular complexity index is 1450. The molecule has 4 aromatic rings. The van der Waals surface area contributed by atoms with E-state index in [4.69, 9.17) is 4.74 Å². The Hall–Kier alpha value is -3.68. The Balaban J connectivity index is 1.72. The topological polar surface area (TPSA) is 66.9 Å². The first-order chi connectivity index (χ1) is 16.9. The van der Waals surface area contributed by atoms with Crippen molar-refractivity contribution in [3.8, 4) is 5.75 Å². The fourth-order valence-electron chi connectivity index (χ4n) is 4.13. The fraction of sp³-hybridized carbons (Fsp3) is 0.179. The number of rotatable bonds is 8. The third-order valence-electron chi connectivity index (χ3n) is 5.97. The third kappa shape index (κ3) is 4.92. The lowest BCUT2D eigenvalue weighted by Gasteiger charge is -2.24. The number of ether oxygens (including phenoxy) is 1. The molecule has 0 N–H and O–H groups in total. The minimum absolute atomic E-state index is 0.0433. The van der Waals surface area contributed by atoms with Gasteiger partial charge in [-0.3, -0.25) is 4.79 Å². The number of carbonyl (C=O) groups is 1. The normalized spacial score (nSPS) is 11.5. The molecule has 1 amide bonds. The van der Waals surface area contributed by atoms with Gasteiger partial charge in [-0.05, 0) is 42.1 Å². The van der Waals surface area contributed by atoms with E-state index in [1.54, 1.807) is 11.0 Å². The first-order valence-electron chi connectivity index (χ1n) is 11.3. The van der Waals surface area contributed by atoms with Gasteiger partial charge in [0, 0.05) is 31.1 Å². The number of nitrogens with zero attached hydrogens (tertiary/aromatic N) is 2. The molecule has 0 fully saturated rings. The molecule has 7 heteroatoms. The maximum absolute atomic E-state index is 13.6. The summed E-state index contributed by atoms with van der Waals surface area (Å²) in [6.45, 7) is 2.52. The largest absolute Gasteiger partial charge is 0.495 e. The second kappa shape index (κ2) is 10.3. The van der Waals surface area contributed by atoms with E-state index in [-0.39, 0.29) is 28.7 Å². The fourth-order valence-corrected chi connectivity index (χ4v) is 5.46. The van der Waals surface area contributed by atoms with Gasteiger partial charge in [-0.15, -0.1) is 0 Å². The molecular formula is C28H28N2O4S. The van der Waals surface area contributed by atoms with Crippen molar-refractivity contribution < 1.29 is 17.9 Å². The highest BCUT2D eigenvalue weighted by molar-refractivity contribution is 7.89. The predicted molar refractivity (Wildman–Crippen MR) is 139 cm³/mol. The Morgan fingerprint density at radius 2 is 1.57 bits per heavy atom. The van der Waals surface area contributed by atoms with Gasteiger partial charge in [0.25, 0.3) is 5.91 Å². The summed E-state index contributed by atoms with van der Waals surface area (Å²) < 4.78 is 33.6. The second-order valence-electron chi connectivity index (χ2n) is 8.16. The summed E-state index contributed by atoms with van der Waals surface area (Å²) in [5.74, 6) is -0.0941. The van der Waals surface area contributed by atoms with Gasteiger partial charge in [0.1, 0.15) is 10.6 Å². The van der Waals surface area contributed by atoms with Gasteiger partial charge >= 0.3 is 0 Å². The molecular weight excluding hydrogens is 460 g/mol. The lowest BCUT2D eigenvalue weighted by Crippen LogP contribution is -2.31. The summed E-state index contributed by atoms with van der Waals surface area (Å²) >= 11 is 0. The first kappa shape index (κ1) is 24.4. The molecule has 180 valence electrons. The van der Waals surface area contributed by atoms with E-state index < -0.39 is 10.0 Å². The minimum Gasteiger partial charge on any atom is -0.495 e. The number of amides is 1. The van der Waals surface area contributed by atoms with Crippen molar-refractivity contribution in [2.75, 3.05) is 25.6 Å². The molecule has 0 aliphatic rings. The summed E-state index contributed by atoms with van der Waals surface area (Å²) in [5, 5.41) is 1.98. The summed E-state index contributed by atoms with van der Waals surface area (Å²) in [4.78, 5) is 15.3. The van der Waals surface area contributed by atoms with Gasteiger partial charge in [0.2, 0.25) is 10.0 Å². The van der Waals surface area contributed by atoms with E-state index in [1.165, 1.54) is 30.6 Å². The minimum atomic E-state index is -3.93. The molecule has 6 nitrogen and oxygen atoms in total. The van der Waals surface area contributed by atoms with Crippen LogP contribution in [0.3, 0.4) is 0 Å². The molecule has 0 heterocycles. The van der Waals surface area contributed by atoms with Crippen LogP contribution in [-0.4, -0.2) is 39.3 Å². The van der Waals surface area contributed by atoms with Crippen molar-refractivity contribution in [2.45, 2.75) is 18.4 Å². The molecule has 0 aromatic heterocycles. The molecule has 0 unspecified atom stereocenters. The van der Waals surface area contributed by atoms with Gasteiger partial charge in [0.05, 0.1) is 12.8 Å². The van der Waals surface area contributed by atoms with Crippen LogP contribution in [0.1, 0.15) is 22.8 Å². The zero-order valence-electron chi connectivity index (χ0n) is 20.0. The number of hydrogen-bond donors (Lipinski definition) is 0. The molecule has 0 aliphatic carbocycles. The molecule has 0 saturated carbocycles. The standard InChI is InChI=1S/C28H28N2O4S/c1-4-30(25-16-10-14-22-13-8-9-15-24(22)25)28(31)23-17-18-26(34-3)27(19-23)35(32,33)29(2)20-21-11-6-5-7-12-21/h5-19H,4,20H2,1-3H3. The van der Waals surface area contributed by atoms with E-state index in [2.05, 4.69) is 0 Å². The van der Waals surface area contributed by atoms with Crippen molar-refractivity contribution in [3.05, 3.63) is 102 Å². The van der Waals surface area contributed by atoms with Crippen LogP contribution in [0.25, 0.3) is 10.8 Å². The maximum Gasteiger partial charge on any atom is 0.258 e. The molecule has 0 spiro atoms. The van der Waals surface area contributed by atoms with Crippen LogP contribution in [0.4, 0.5) is 5.69 Å². The molecule has 0 radical (unpaired) electrons. The van der Waals surface area contributed by atoms with E-state index in [9.17, 15) is 13.2 Å². The molecule has 4 aromatic carbocycles. The molecule has 35 heavy (non-hydrogen) atoms. The quantitative estimate of drug-likeness (QED) is 0.336. The highest BCUT2D eigenvalue weighted by atomic mass is 32.2. The summed E-state index contributed by atoms with van der Waals surface area (Å²) in [7, 11) is -0.993. The number of anilines is 1. The molecule has 0 aliphatic heterocycles. The van der Waals surface area contributed by atoms with Crippen molar-refractivity contribution in [1.29, 1.82) is 0 Å². The summed E-state index contributed by atoms with van der Waals surface area (Å²) in [6, 6.07) is 27.6. The lowest BCUT2D eigenvalue weighted by molar-refractivity contribution is 0.0988. The van der Waals surface area contributed by atoms with Crippen LogP contribution in [-0.2, 0) is 16.6 Å². The number of carbonyl (C=O) groups excluding carboxylic acids is 1. The van der Waals surface area contributed by atoms with Gasteiger partial charge in [0.15, 0.2) is 0 Å². The highest BCUT2D eigenvalue weighted by Crippen LogP contribution is 2.31. The van der Waals surface area contributed by atoms with E-state index in [1.807, 2.05) is 79.7 Å². The van der Waals surface area contributed by atoms with E-state index in [0.717, 1.165) is 22.0 Å². The Labute approximate surface area is 206 Å². The maximum atomic E-state index is 13.6. The van der Waals surface area contributed by atoms with E-state index in [0.29, 0.717) is 6.54 Å². The number of sulfonamides is 1. The SMILES string of the molecule is CCN(C(=O)c1ccc(OC)c(S(=O)(=O)N(C)Cc2ccccc2)c1)c1cccc2ccccc12. The van der Waals surface area contributed by atoms with Crippen LogP contribution in [0, 0.1) is 0 Å². The van der Waals surface area contributed by atoms with Crippen LogP contribution in [0.15, 0.2) is 95.9 Å². The van der Waals surface area contributed by atoms with Gasteiger partial charge in [-0.2, -0.15) is 4.31 Å². The predicted octanol–water partition coefficient (Wildman–Crippen LogP) is 5.34. The van der Waals surface area contributed by atoms with Gasteiger partial charge in [-0.25, -0.2) is 8.42 Å². The van der Waals surface area contributed by atoms with Crippen molar-refractivity contribution >= 4 is 32.4 Å². The zero-order chi connectivity index (χ0) is 25.0. The third-order valence-corrected chi connectivity index (χ3v) is 7.79. The van der Waals surface area contributed by atoms with Crippen molar-refractivity contribution in [1.82, 2.24) is 4.31 Å².